The van der Waals surface area contributed by atoms with E-state index in [1.54, 1.807) is 11.0 Å². The number of benzene rings is 1. The molecule has 0 aliphatic carbocycles. The molecule has 7 heteroatoms. The number of anilines is 1. The molecule has 1 aromatic rings. The highest BCUT2D eigenvalue weighted by Gasteiger charge is 2.24. The van der Waals surface area contributed by atoms with Gasteiger partial charge >= 0.3 is 5.97 Å². The first-order chi connectivity index (χ1) is 11.4. The first kappa shape index (κ1) is 18.3. The van der Waals surface area contributed by atoms with Crippen LogP contribution in [-0.4, -0.2) is 37.0 Å². The zero-order valence-electron chi connectivity index (χ0n) is 13.8. The monoisotopic (exact) mass is 352 g/mol. The van der Waals surface area contributed by atoms with Gasteiger partial charge in [0.05, 0.1) is 16.3 Å². The van der Waals surface area contributed by atoms with Crippen molar-refractivity contribution in [1.29, 1.82) is 0 Å². The van der Waals surface area contributed by atoms with Crippen LogP contribution in [0.5, 0.6) is 0 Å². The third kappa shape index (κ3) is 4.47. The molecule has 0 bridgehead atoms. The lowest BCUT2D eigenvalue weighted by molar-refractivity contribution is -0.124. The van der Waals surface area contributed by atoms with E-state index < -0.39 is 5.97 Å². The first-order valence-corrected chi connectivity index (χ1v) is 8.36. The van der Waals surface area contributed by atoms with Crippen molar-refractivity contribution in [2.75, 3.05) is 18.1 Å². The fourth-order valence-corrected chi connectivity index (χ4v) is 2.60. The van der Waals surface area contributed by atoms with Gasteiger partial charge < -0.3 is 15.0 Å². The van der Waals surface area contributed by atoms with E-state index in [1.807, 2.05) is 13.8 Å². The molecular weight excluding hydrogens is 332 g/mol. The molecule has 6 nitrogen and oxygen atoms in total. The summed E-state index contributed by atoms with van der Waals surface area (Å²) in [6, 6.07) is 4.62. The molecule has 0 radical (unpaired) electrons. The lowest BCUT2D eigenvalue weighted by atomic mass is 10.2. The molecule has 1 saturated heterocycles. The third-order valence-electron chi connectivity index (χ3n) is 3.90. The predicted molar refractivity (Wildman–Crippen MR) is 91.2 cm³/mol. The quantitative estimate of drug-likeness (QED) is 0.798. The molecule has 1 aromatic carbocycles. The smallest absolute Gasteiger partial charge is 0.338 e. The molecule has 0 unspecified atom stereocenters. The van der Waals surface area contributed by atoms with Crippen molar-refractivity contribution in [2.45, 2.75) is 39.2 Å². The summed E-state index contributed by atoms with van der Waals surface area (Å²) in [7, 11) is 0. The molecule has 0 spiro atoms. The topological polar surface area (TPSA) is 75.7 Å². The lowest BCUT2D eigenvalue weighted by Gasteiger charge is -2.18. The Morgan fingerprint density at radius 2 is 2.17 bits per heavy atom. The molecule has 24 heavy (non-hydrogen) atoms. The molecule has 1 fully saturated rings. The summed E-state index contributed by atoms with van der Waals surface area (Å²) in [6.07, 6.45) is 2.03. The number of nitrogens with zero attached hydrogens (tertiary/aromatic N) is 1. The van der Waals surface area contributed by atoms with Crippen molar-refractivity contribution in [3.63, 3.8) is 0 Å². The molecule has 2 rings (SSSR count). The van der Waals surface area contributed by atoms with Crippen LogP contribution in [-0.2, 0) is 14.3 Å². The second-order valence-corrected chi connectivity index (χ2v) is 6.18. The Balaban J connectivity index is 2.02. The van der Waals surface area contributed by atoms with Gasteiger partial charge in [0.2, 0.25) is 5.91 Å². The standard InChI is InChI=1S/C17H21ClN2O4/c1-3-11(2)19-15(21)10-24-17(23)12-6-7-13(18)14(9-12)20-8-4-5-16(20)22/h6-7,9,11H,3-5,8,10H2,1-2H3,(H,19,21)/t11-/m0/s1. The van der Waals surface area contributed by atoms with Crippen LogP contribution >= 0.6 is 11.6 Å². The van der Waals surface area contributed by atoms with Crippen LogP contribution in [0.2, 0.25) is 5.02 Å². The van der Waals surface area contributed by atoms with E-state index in [-0.39, 0.29) is 30.0 Å². The zero-order chi connectivity index (χ0) is 17.7. The average molecular weight is 353 g/mol. The van der Waals surface area contributed by atoms with Crippen LogP contribution < -0.4 is 10.2 Å². The summed E-state index contributed by atoms with van der Waals surface area (Å²) in [4.78, 5) is 37.2. The van der Waals surface area contributed by atoms with Gasteiger partial charge in [0, 0.05) is 19.0 Å². The van der Waals surface area contributed by atoms with Crippen LogP contribution in [0.1, 0.15) is 43.5 Å². The lowest BCUT2D eigenvalue weighted by Crippen LogP contribution is -2.35. The molecular formula is C17H21ClN2O4. The SMILES string of the molecule is CC[C@H](C)NC(=O)COC(=O)c1ccc(Cl)c(N2CCCC2=O)c1. The number of carbonyl (C=O) groups excluding carboxylic acids is 3. The Hall–Kier alpha value is -2.08. The number of esters is 1. The maximum Gasteiger partial charge on any atom is 0.338 e. The van der Waals surface area contributed by atoms with Gasteiger partial charge in [0.1, 0.15) is 0 Å². The predicted octanol–water partition coefficient (Wildman–Crippen LogP) is 2.54. The van der Waals surface area contributed by atoms with Gasteiger partial charge in [0.25, 0.3) is 5.91 Å². The summed E-state index contributed by atoms with van der Waals surface area (Å²) >= 11 is 6.14. The molecule has 130 valence electrons. The van der Waals surface area contributed by atoms with Crippen molar-refractivity contribution in [1.82, 2.24) is 5.32 Å². The van der Waals surface area contributed by atoms with Gasteiger partial charge in [0.15, 0.2) is 6.61 Å². The number of ether oxygens (including phenoxy) is 1. The maximum atomic E-state index is 12.1. The summed E-state index contributed by atoms with van der Waals surface area (Å²) in [6.45, 7) is 4.06. The Kier molecular flexibility index (Phi) is 6.20. The highest BCUT2D eigenvalue weighted by molar-refractivity contribution is 6.34. The fraction of sp³-hybridized carbons (Fsp3) is 0.471. The maximum absolute atomic E-state index is 12.1. The van der Waals surface area contributed by atoms with Crippen molar-refractivity contribution >= 4 is 35.1 Å². The first-order valence-electron chi connectivity index (χ1n) is 7.98. The van der Waals surface area contributed by atoms with E-state index >= 15 is 0 Å². The number of nitrogens with one attached hydrogen (secondary N) is 1. The second-order valence-electron chi connectivity index (χ2n) is 5.77. The van der Waals surface area contributed by atoms with Crippen LogP contribution in [0.15, 0.2) is 18.2 Å². The molecule has 1 atom stereocenters. The van der Waals surface area contributed by atoms with Crippen LogP contribution in [0.3, 0.4) is 0 Å². The third-order valence-corrected chi connectivity index (χ3v) is 4.22. The molecule has 0 aromatic heterocycles. The van der Waals surface area contributed by atoms with Crippen LogP contribution in [0.4, 0.5) is 5.69 Å². The summed E-state index contributed by atoms with van der Waals surface area (Å²) in [5, 5.41) is 3.12. The number of hydrogen-bond acceptors (Lipinski definition) is 4. The van der Waals surface area contributed by atoms with Gasteiger partial charge in [-0.3, -0.25) is 9.59 Å². The van der Waals surface area contributed by atoms with E-state index in [1.165, 1.54) is 12.1 Å². The van der Waals surface area contributed by atoms with Crippen molar-refractivity contribution in [3.8, 4) is 0 Å². The molecule has 2 amide bonds. The summed E-state index contributed by atoms with van der Waals surface area (Å²) in [5.41, 5.74) is 0.753. The number of carbonyl (C=O) groups is 3. The fourth-order valence-electron chi connectivity index (χ4n) is 2.38. The molecule has 1 aliphatic rings. The van der Waals surface area contributed by atoms with Gasteiger partial charge in [-0.1, -0.05) is 18.5 Å². The Labute approximate surface area is 146 Å². The van der Waals surface area contributed by atoms with E-state index in [0.29, 0.717) is 23.7 Å². The number of rotatable bonds is 6. The molecule has 1 N–H and O–H groups in total. The van der Waals surface area contributed by atoms with E-state index in [4.69, 9.17) is 16.3 Å². The number of halogens is 1. The molecule has 1 aliphatic heterocycles. The summed E-state index contributed by atoms with van der Waals surface area (Å²) < 4.78 is 5.02. The van der Waals surface area contributed by atoms with Crippen molar-refractivity contribution < 1.29 is 19.1 Å². The van der Waals surface area contributed by atoms with Crippen LogP contribution in [0, 0.1) is 0 Å². The van der Waals surface area contributed by atoms with Gasteiger partial charge in [-0.25, -0.2) is 4.79 Å². The van der Waals surface area contributed by atoms with E-state index in [0.717, 1.165) is 12.8 Å². The summed E-state index contributed by atoms with van der Waals surface area (Å²) in [5.74, 6) is -0.990. The second kappa shape index (κ2) is 8.15. The largest absolute Gasteiger partial charge is 0.452 e. The van der Waals surface area contributed by atoms with Crippen molar-refractivity contribution in [3.05, 3.63) is 28.8 Å². The minimum absolute atomic E-state index is 0.0182. The number of hydrogen-bond donors (Lipinski definition) is 1. The van der Waals surface area contributed by atoms with Crippen LogP contribution in [0.25, 0.3) is 0 Å². The minimum Gasteiger partial charge on any atom is -0.452 e. The van der Waals surface area contributed by atoms with Gasteiger partial charge in [-0.05, 0) is 38.0 Å². The molecule has 1 heterocycles. The Bertz CT molecular complexity index is 647. The highest BCUT2D eigenvalue weighted by Crippen LogP contribution is 2.30. The van der Waals surface area contributed by atoms with E-state index in [2.05, 4.69) is 5.32 Å². The number of amides is 2. The normalized spacial score (nSPS) is 15.3. The average Bonchev–Trinajstić information content (AvgIpc) is 2.98. The Morgan fingerprint density at radius 3 is 2.79 bits per heavy atom. The van der Waals surface area contributed by atoms with Gasteiger partial charge in [-0.2, -0.15) is 0 Å². The Morgan fingerprint density at radius 1 is 1.42 bits per heavy atom. The van der Waals surface area contributed by atoms with E-state index in [9.17, 15) is 14.4 Å². The highest BCUT2D eigenvalue weighted by atomic mass is 35.5. The zero-order valence-corrected chi connectivity index (χ0v) is 14.6. The minimum atomic E-state index is -0.626. The van der Waals surface area contributed by atoms with Crippen molar-refractivity contribution in [2.24, 2.45) is 0 Å². The van der Waals surface area contributed by atoms with Gasteiger partial charge in [-0.15, -0.1) is 0 Å². The molecule has 0 saturated carbocycles.